The largest absolute Gasteiger partial charge is 0.371 e. The lowest BCUT2D eigenvalue weighted by molar-refractivity contribution is -0.117. The van der Waals surface area contributed by atoms with Gasteiger partial charge in [-0.15, -0.1) is 0 Å². The second-order valence-electron chi connectivity index (χ2n) is 9.01. The van der Waals surface area contributed by atoms with E-state index in [1.165, 1.54) is 0 Å². The molecule has 2 N–H and O–H groups in total. The van der Waals surface area contributed by atoms with Crippen LogP contribution in [0.25, 0.3) is 0 Å². The smallest absolute Gasteiger partial charge is 0.253 e. The number of hydrogen-bond acceptors (Lipinski definition) is 3. The number of nitrogens with one attached hydrogen (secondary N) is 2. The Morgan fingerprint density at radius 1 is 1.03 bits per heavy atom. The third-order valence-corrected chi connectivity index (χ3v) is 6.47. The molecule has 2 aromatic carbocycles. The molecular weight excluding hydrogens is 386 g/mol. The molecule has 164 valence electrons. The number of nitrogens with zero attached hydrogens (tertiary/aromatic N) is 1. The molecule has 0 bridgehead atoms. The third-order valence-electron chi connectivity index (χ3n) is 6.47. The van der Waals surface area contributed by atoms with Crippen molar-refractivity contribution in [3.8, 4) is 0 Å². The van der Waals surface area contributed by atoms with Gasteiger partial charge in [0.05, 0.1) is 11.5 Å². The molecule has 0 radical (unpaired) electrons. The number of hydrogen-bond donors (Lipinski definition) is 2. The molecule has 1 saturated carbocycles. The maximum atomic E-state index is 13.0. The molecule has 0 aromatic heterocycles. The van der Waals surface area contributed by atoms with Crippen LogP contribution in [0.4, 0.5) is 11.4 Å². The quantitative estimate of drug-likeness (QED) is 0.668. The molecule has 4 rings (SSSR count). The number of amides is 2. The first-order chi connectivity index (χ1) is 15.0. The zero-order valence-corrected chi connectivity index (χ0v) is 18.6. The molecule has 1 saturated heterocycles. The average molecular weight is 420 g/mol. The molecule has 2 fully saturated rings. The van der Waals surface area contributed by atoms with Crippen molar-refractivity contribution < 1.29 is 9.59 Å². The summed E-state index contributed by atoms with van der Waals surface area (Å²) in [5.74, 6) is 0.430. The minimum atomic E-state index is -0.215. The first kappa shape index (κ1) is 21.4. The highest BCUT2D eigenvalue weighted by molar-refractivity contribution is 6.03. The summed E-state index contributed by atoms with van der Waals surface area (Å²) in [5, 5.41) is 6.18. The van der Waals surface area contributed by atoms with E-state index in [1.807, 2.05) is 55.5 Å². The Morgan fingerprint density at radius 2 is 1.74 bits per heavy atom. The maximum Gasteiger partial charge on any atom is 0.253 e. The lowest BCUT2D eigenvalue weighted by atomic mass is 9.95. The highest BCUT2D eigenvalue weighted by atomic mass is 16.2. The summed E-state index contributed by atoms with van der Waals surface area (Å²) in [4.78, 5) is 28.3. The van der Waals surface area contributed by atoms with E-state index in [1.54, 1.807) is 0 Å². The Labute approximate surface area is 185 Å². The van der Waals surface area contributed by atoms with E-state index < -0.39 is 0 Å². The summed E-state index contributed by atoms with van der Waals surface area (Å²) in [6.45, 7) is 6.23. The molecule has 0 spiro atoms. The van der Waals surface area contributed by atoms with Crippen LogP contribution < -0.4 is 15.5 Å². The van der Waals surface area contributed by atoms with E-state index in [-0.39, 0.29) is 17.7 Å². The van der Waals surface area contributed by atoms with Gasteiger partial charge in [0, 0.05) is 30.5 Å². The summed E-state index contributed by atoms with van der Waals surface area (Å²) in [6.07, 6.45) is 5.09. The lowest BCUT2D eigenvalue weighted by Gasteiger charge is -2.33. The highest BCUT2D eigenvalue weighted by Gasteiger charge is 2.27. The van der Waals surface area contributed by atoms with Gasteiger partial charge >= 0.3 is 0 Å². The van der Waals surface area contributed by atoms with Crippen LogP contribution >= 0.6 is 0 Å². The van der Waals surface area contributed by atoms with E-state index in [9.17, 15) is 9.59 Å². The van der Waals surface area contributed by atoms with Crippen LogP contribution in [0, 0.1) is 5.92 Å². The molecule has 5 nitrogen and oxygen atoms in total. The Bertz CT molecular complexity index is 916. The van der Waals surface area contributed by atoms with Crippen LogP contribution in [-0.2, 0) is 4.79 Å². The van der Waals surface area contributed by atoms with Crippen LogP contribution in [-0.4, -0.2) is 30.9 Å². The van der Waals surface area contributed by atoms with Crippen molar-refractivity contribution in [2.45, 2.75) is 57.9 Å². The molecule has 2 aliphatic rings. The van der Waals surface area contributed by atoms with Gasteiger partial charge in [0.1, 0.15) is 0 Å². The van der Waals surface area contributed by atoms with Gasteiger partial charge < -0.3 is 15.5 Å². The van der Waals surface area contributed by atoms with Crippen LogP contribution in [0.3, 0.4) is 0 Å². The third kappa shape index (κ3) is 5.27. The topological polar surface area (TPSA) is 61.4 Å². The maximum absolute atomic E-state index is 13.0. The van der Waals surface area contributed by atoms with Gasteiger partial charge in [-0.25, -0.2) is 0 Å². The van der Waals surface area contributed by atoms with Crippen molar-refractivity contribution in [2.24, 2.45) is 5.92 Å². The average Bonchev–Trinajstić information content (AvgIpc) is 3.60. The molecule has 1 heterocycles. The van der Waals surface area contributed by atoms with Crippen LogP contribution in [0.5, 0.6) is 0 Å². The van der Waals surface area contributed by atoms with E-state index in [4.69, 9.17) is 0 Å². The van der Waals surface area contributed by atoms with E-state index in [0.717, 1.165) is 62.4 Å². The van der Waals surface area contributed by atoms with Crippen molar-refractivity contribution in [3.05, 3.63) is 59.7 Å². The zero-order valence-electron chi connectivity index (χ0n) is 18.6. The zero-order chi connectivity index (χ0) is 21.8. The van der Waals surface area contributed by atoms with E-state index >= 15 is 0 Å². The van der Waals surface area contributed by atoms with Crippen molar-refractivity contribution in [3.63, 3.8) is 0 Å². The van der Waals surface area contributed by atoms with Crippen molar-refractivity contribution in [2.75, 3.05) is 23.3 Å². The first-order valence-electron chi connectivity index (χ1n) is 11.6. The predicted octanol–water partition coefficient (Wildman–Crippen LogP) is 4.95. The lowest BCUT2D eigenvalue weighted by Crippen LogP contribution is -2.35. The molecule has 1 atom stereocenters. The van der Waals surface area contributed by atoms with E-state index in [0.29, 0.717) is 17.3 Å². The van der Waals surface area contributed by atoms with Crippen molar-refractivity contribution in [1.82, 2.24) is 5.32 Å². The first-order valence-corrected chi connectivity index (χ1v) is 11.6. The molecule has 0 unspecified atom stereocenters. The van der Waals surface area contributed by atoms with Gasteiger partial charge in [0.15, 0.2) is 0 Å². The summed E-state index contributed by atoms with van der Waals surface area (Å²) in [5.41, 5.74) is 3.31. The fourth-order valence-corrected chi connectivity index (χ4v) is 4.30. The van der Waals surface area contributed by atoms with Crippen LogP contribution in [0.2, 0.25) is 0 Å². The number of carbonyl (C=O) groups excluding carboxylic acids is 2. The van der Waals surface area contributed by atoms with Crippen molar-refractivity contribution in [1.29, 1.82) is 0 Å². The molecule has 1 aliphatic carbocycles. The van der Waals surface area contributed by atoms with Crippen LogP contribution in [0.1, 0.15) is 67.8 Å². The summed E-state index contributed by atoms with van der Waals surface area (Å²) in [6, 6.07) is 15.9. The SMILES string of the molecule is CC[C@@H](C(=O)Nc1ccc(N2CCC(C)CC2)c(C(=O)NC2CC2)c1)c1ccccc1. The molecule has 2 aromatic rings. The monoisotopic (exact) mass is 419 g/mol. The van der Waals surface area contributed by atoms with Crippen LogP contribution in [0.15, 0.2) is 48.5 Å². The molecule has 2 amide bonds. The minimum absolute atomic E-state index is 0.0395. The second-order valence-corrected chi connectivity index (χ2v) is 9.01. The summed E-state index contributed by atoms with van der Waals surface area (Å²) in [7, 11) is 0. The minimum Gasteiger partial charge on any atom is -0.371 e. The Balaban J connectivity index is 1.56. The number of benzene rings is 2. The van der Waals surface area contributed by atoms with Gasteiger partial charge in [0.2, 0.25) is 5.91 Å². The normalized spacial score (nSPS) is 17.8. The summed E-state index contributed by atoms with van der Waals surface area (Å²) >= 11 is 0. The molecule has 31 heavy (non-hydrogen) atoms. The van der Waals surface area contributed by atoms with Crippen molar-refractivity contribution >= 4 is 23.2 Å². The fraction of sp³-hybridized carbons (Fsp3) is 0.462. The number of anilines is 2. The number of piperidine rings is 1. The van der Waals surface area contributed by atoms with Gasteiger partial charge in [-0.1, -0.05) is 44.2 Å². The van der Waals surface area contributed by atoms with Gasteiger partial charge in [-0.3, -0.25) is 9.59 Å². The highest BCUT2D eigenvalue weighted by Crippen LogP contribution is 2.30. The van der Waals surface area contributed by atoms with Gasteiger partial charge in [-0.05, 0) is 61.8 Å². The molecule has 1 aliphatic heterocycles. The van der Waals surface area contributed by atoms with Gasteiger partial charge in [-0.2, -0.15) is 0 Å². The fourth-order valence-electron chi connectivity index (χ4n) is 4.30. The number of rotatable bonds is 7. The molecule has 5 heteroatoms. The Hall–Kier alpha value is -2.82. The Morgan fingerprint density at radius 3 is 2.39 bits per heavy atom. The number of carbonyl (C=O) groups is 2. The summed E-state index contributed by atoms with van der Waals surface area (Å²) < 4.78 is 0. The standard InChI is InChI=1S/C26H33N3O2/c1-3-22(19-7-5-4-6-8-19)25(30)28-21-11-12-24(29-15-13-18(2)14-16-29)23(17-21)26(31)27-20-9-10-20/h4-8,11-12,17-18,20,22H,3,9-10,13-16H2,1-2H3,(H,27,31)(H,28,30)/t22-/m1/s1. The second kappa shape index (κ2) is 9.54. The molecular formula is C26H33N3O2. The van der Waals surface area contributed by atoms with E-state index in [2.05, 4.69) is 22.5 Å². The van der Waals surface area contributed by atoms with Gasteiger partial charge in [0.25, 0.3) is 5.91 Å². The Kier molecular flexibility index (Phi) is 6.59. The predicted molar refractivity (Wildman–Crippen MR) is 126 cm³/mol.